The van der Waals surface area contributed by atoms with Crippen molar-refractivity contribution >= 4 is 29.3 Å². The van der Waals surface area contributed by atoms with E-state index in [4.69, 9.17) is 16.3 Å². The molecule has 5 nitrogen and oxygen atoms in total. The molecule has 1 aromatic carbocycles. The summed E-state index contributed by atoms with van der Waals surface area (Å²) >= 11 is 6.01. The Bertz CT molecular complexity index is 599. The lowest BCUT2D eigenvalue weighted by Crippen LogP contribution is -2.21. The molecule has 1 aromatic rings. The monoisotopic (exact) mass is 353 g/mol. The fourth-order valence-corrected chi connectivity index (χ4v) is 2.44. The third-order valence-electron chi connectivity index (χ3n) is 3.29. The quantitative estimate of drug-likeness (QED) is 0.420. The highest BCUT2D eigenvalue weighted by atomic mass is 35.5. The standard InChI is InChI=1S/C18H24ClNO4/c1-12(2)24-18(23)9-6-14-11-15(19)7-8-16(14)17(22)5-4-10-20-13(3)21/h7-8,11-12H,4-6,9-10H2,1-3H3,(H,20,21). The van der Waals surface area contributed by atoms with Crippen LogP contribution < -0.4 is 5.32 Å². The molecule has 0 saturated carbocycles. The summed E-state index contributed by atoms with van der Waals surface area (Å²) in [6.07, 6.45) is 1.33. The van der Waals surface area contributed by atoms with Crippen LogP contribution >= 0.6 is 11.6 Å². The first-order chi connectivity index (χ1) is 11.3. The Labute approximate surface area is 147 Å². The molecule has 0 spiro atoms. The number of esters is 1. The predicted molar refractivity (Wildman–Crippen MR) is 93.2 cm³/mol. The number of ether oxygens (including phenoxy) is 1. The SMILES string of the molecule is CC(=O)NCCCC(=O)c1ccc(Cl)cc1CCC(=O)OC(C)C. The second-order valence-corrected chi connectivity index (χ2v) is 6.29. The van der Waals surface area contributed by atoms with Gasteiger partial charge in [0.05, 0.1) is 6.10 Å². The molecule has 0 saturated heterocycles. The van der Waals surface area contributed by atoms with Gasteiger partial charge in [0.1, 0.15) is 0 Å². The summed E-state index contributed by atoms with van der Waals surface area (Å²) in [6, 6.07) is 5.07. The van der Waals surface area contributed by atoms with Gasteiger partial charge in [-0.05, 0) is 50.5 Å². The molecule has 0 unspecified atom stereocenters. The van der Waals surface area contributed by atoms with E-state index in [1.54, 1.807) is 32.0 Å². The minimum atomic E-state index is -0.297. The summed E-state index contributed by atoms with van der Waals surface area (Å²) in [7, 11) is 0. The maximum absolute atomic E-state index is 12.4. The van der Waals surface area contributed by atoms with Crippen LogP contribution in [-0.4, -0.2) is 30.3 Å². The third kappa shape index (κ3) is 7.59. The Morgan fingerprint density at radius 3 is 2.54 bits per heavy atom. The van der Waals surface area contributed by atoms with E-state index in [0.717, 1.165) is 5.56 Å². The van der Waals surface area contributed by atoms with Gasteiger partial charge in [-0.1, -0.05) is 11.6 Å². The van der Waals surface area contributed by atoms with E-state index in [2.05, 4.69) is 5.32 Å². The summed E-state index contributed by atoms with van der Waals surface area (Å²) in [5.41, 5.74) is 1.31. The first-order valence-electron chi connectivity index (χ1n) is 8.05. The van der Waals surface area contributed by atoms with Crippen LogP contribution in [0, 0.1) is 0 Å². The Hall–Kier alpha value is -1.88. The maximum Gasteiger partial charge on any atom is 0.306 e. The molecule has 1 N–H and O–H groups in total. The number of amides is 1. The van der Waals surface area contributed by atoms with Crippen LogP contribution in [0.25, 0.3) is 0 Å². The van der Waals surface area contributed by atoms with E-state index >= 15 is 0 Å². The average molecular weight is 354 g/mol. The van der Waals surface area contributed by atoms with Gasteiger partial charge in [-0.2, -0.15) is 0 Å². The van der Waals surface area contributed by atoms with Crippen molar-refractivity contribution in [1.82, 2.24) is 5.32 Å². The molecule has 0 aliphatic carbocycles. The van der Waals surface area contributed by atoms with Crippen LogP contribution in [0.2, 0.25) is 5.02 Å². The molecule has 0 heterocycles. The Kier molecular flexibility index (Phi) is 8.47. The van der Waals surface area contributed by atoms with Crippen LogP contribution in [0.4, 0.5) is 0 Å². The summed E-state index contributed by atoms with van der Waals surface area (Å²) in [6.45, 7) is 5.49. The first-order valence-corrected chi connectivity index (χ1v) is 8.43. The minimum Gasteiger partial charge on any atom is -0.463 e. The number of benzene rings is 1. The fourth-order valence-electron chi connectivity index (χ4n) is 2.25. The average Bonchev–Trinajstić information content (AvgIpc) is 2.48. The van der Waals surface area contributed by atoms with E-state index in [1.807, 2.05) is 0 Å². The number of hydrogen-bond donors (Lipinski definition) is 1. The van der Waals surface area contributed by atoms with Gasteiger partial charge in [0.25, 0.3) is 0 Å². The van der Waals surface area contributed by atoms with Gasteiger partial charge in [0, 0.05) is 36.9 Å². The molecule has 6 heteroatoms. The molecule has 0 aliphatic rings. The molecule has 1 amide bonds. The van der Waals surface area contributed by atoms with E-state index < -0.39 is 0 Å². The number of ketones is 1. The van der Waals surface area contributed by atoms with Crippen molar-refractivity contribution in [3.05, 3.63) is 34.3 Å². The number of halogens is 1. The highest BCUT2D eigenvalue weighted by Crippen LogP contribution is 2.20. The van der Waals surface area contributed by atoms with Gasteiger partial charge in [0.15, 0.2) is 5.78 Å². The van der Waals surface area contributed by atoms with Gasteiger partial charge in [-0.25, -0.2) is 0 Å². The highest BCUT2D eigenvalue weighted by molar-refractivity contribution is 6.30. The molecule has 0 fully saturated rings. The van der Waals surface area contributed by atoms with E-state index in [1.165, 1.54) is 6.92 Å². The fraction of sp³-hybridized carbons (Fsp3) is 0.500. The van der Waals surface area contributed by atoms with Crippen LogP contribution in [0.15, 0.2) is 18.2 Å². The van der Waals surface area contributed by atoms with Crippen molar-refractivity contribution in [2.75, 3.05) is 6.54 Å². The maximum atomic E-state index is 12.4. The molecule has 1 rings (SSSR count). The smallest absolute Gasteiger partial charge is 0.306 e. The van der Waals surface area contributed by atoms with Crippen molar-refractivity contribution in [2.24, 2.45) is 0 Å². The summed E-state index contributed by atoms with van der Waals surface area (Å²) < 4.78 is 5.11. The number of nitrogens with one attached hydrogen (secondary N) is 1. The largest absolute Gasteiger partial charge is 0.463 e. The lowest BCUT2D eigenvalue weighted by Gasteiger charge is -2.11. The molecular formula is C18H24ClNO4. The van der Waals surface area contributed by atoms with Crippen molar-refractivity contribution in [3.63, 3.8) is 0 Å². The Morgan fingerprint density at radius 1 is 1.21 bits per heavy atom. The van der Waals surface area contributed by atoms with Crippen LogP contribution in [0.5, 0.6) is 0 Å². The van der Waals surface area contributed by atoms with E-state index in [9.17, 15) is 14.4 Å². The lowest BCUT2D eigenvalue weighted by molar-refractivity contribution is -0.147. The zero-order valence-corrected chi connectivity index (χ0v) is 15.1. The molecule has 0 aliphatic heterocycles. The molecule has 0 atom stereocenters. The second-order valence-electron chi connectivity index (χ2n) is 5.85. The number of rotatable bonds is 9. The zero-order valence-electron chi connectivity index (χ0n) is 14.4. The van der Waals surface area contributed by atoms with Crippen LogP contribution in [0.3, 0.4) is 0 Å². The van der Waals surface area contributed by atoms with Gasteiger partial charge in [-0.15, -0.1) is 0 Å². The number of Topliss-reactive ketones (excluding diaryl/α,β-unsaturated/α-hetero) is 1. The van der Waals surface area contributed by atoms with E-state index in [0.29, 0.717) is 36.4 Å². The zero-order chi connectivity index (χ0) is 18.1. The van der Waals surface area contributed by atoms with Crippen LogP contribution in [-0.2, 0) is 20.7 Å². The molecular weight excluding hydrogens is 330 g/mol. The predicted octanol–water partition coefficient (Wildman–Crippen LogP) is 3.32. The van der Waals surface area contributed by atoms with Gasteiger partial charge >= 0.3 is 5.97 Å². The molecule has 132 valence electrons. The Balaban J connectivity index is 2.68. The normalized spacial score (nSPS) is 10.5. The molecule has 0 bridgehead atoms. The Morgan fingerprint density at radius 2 is 1.92 bits per heavy atom. The summed E-state index contributed by atoms with van der Waals surface area (Å²) in [4.78, 5) is 34.9. The van der Waals surface area contributed by atoms with Crippen molar-refractivity contribution in [2.45, 2.75) is 52.6 Å². The van der Waals surface area contributed by atoms with Gasteiger partial charge in [-0.3, -0.25) is 14.4 Å². The second kappa shape index (κ2) is 10.1. The molecule has 24 heavy (non-hydrogen) atoms. The van der Waals surface area contributed by atoms with Gasteiger partial charge < -0.3 is 10.1 Å². The third-order valence-corrected chi connectivity index (χ3v) is 3.52. The lowest BCUT2D eigenvalue weighted by atomic mass is 9.97. The highest BCUT2D eigenvalue weighted by Gasteiger charge is 2.14. The topological polar surface area (TPSA) is 72.5 Å². The molecule has 0 radical (unpaired) electrons. The van der Waals surface area contributed by atoms with E-state index in [-0.39, 0.29) is 30.2 Å². The minimum absolute atomic E-state index is 0.0238. The van der Waals surface area contributed by atoms with Gasteiger partial charge in [0.2, 0.25) is 5.91 Å². The molecule has 0 aromatic heterocycles. The number of carbonyl (C=O) groups excluding carboxylic acids is 3. The number of hydrogen-bond acceptors (Lipinski definition) is 4. The number of carbonyl (C=O) groups is 3. The number of aryl methyl sites for hydroxylation is 1. The van der Waals surface area contributed by atoms with Crippen molar-refractivity contribution in [1.29, 1.82) is 0 Å². The first kappa shape index (κ1) is 20.2. The summed E-state index contributed by atoms with van der Waals surface area (Å²) in [5, 5.41) is 3.19. The summed E-state index contributed by atoms with van der Waals surface area (Å²) in [5.74, 6) is -0.434. The van der Waals surface area contributed by atoms with Crippen molar-refractivity contribution in [3.8, 4) is 0 Å². The van der Waals surface area contributed by atoms with Crippen molar-refractivity contribution < 1.29 is 19.1 Å². The van der Waals surface area contributed by atoms with Crippen LogP contribution in [0.1, 0.15) is 56.0 Å².